The second-order valence-corrected chi connectivity index (χ2v) is 6.03. The molecule has 4 nitrogen and oxygen atoms in total. The molecule has 2 unspecified atom stereocenters. The molecule has 1 aliphatic heterocycles. The van der Waals surface area contributed by atoms with Gasteiger partial charge in [-0.25, -0.2) is 0 Å². The number of aliphatic hydroxyl groups is 1. The molecule has 2 aromatic rings. The van der Waals surface area contributed by atoms with Crippen molar-refractivity contribution in [1.82, 2.24) is 0 Å². The van der Waals surface area contributed by atoms with Crippen LogP contribution >= 0.6 is 0 Å². The lowest BCUT2D eigenvalue weighted by molar-refractivity contribution is -0.121. The largest absolute Gasteiger partial charge is 0.487 e. The van der Waals surface area contributed by atoms with Crippen molar-refractivity contribution >= 4 is 11.6 Å². The normalized spacial score (nSPS) is 18.0. The molecule has 120 valence electrons. The van der Waals surface area contributed by atoms with Crippen LogP contribution in [-0.2, 0) is 4.79 Å². The molecule has 1 amide bonds. The highest BCUT2D eigenvalue weighted by atomic mass is 16.5. The Balaban J connectivity index is 1.80. The zero-order valence-corrected chi connectivity index (χ0v) is 13.4. The highest BCUT2D eigenvalue weighted by Crippen LogP contribution is 2.35. The number of hydrogen-bond donors (Lipinski definition) is 1. The summed E-state index contributed by atoms with van der Waals surface area (Å²) in [6.45, 7) is 4.43. The fraction of sp³-hybridized carbons (Fsp3) is 0.316. The van der Waals surface area contributed by atoms with E-state index in [2.05, 4.69) is 0 Å². The van der Waals surface area contributed by atoms with Crippen LogP contribution in [0, 0.1) is 6.92 Å². The first-order valence-electron chi connectivity index (χ1n) is 7.85. The van der Waals surface area contributed by atoms with Gasteiger partial charge >= 0.3 is 0 Å². The summed E-state index contributed by atoms with van der Waals surface area (Å²) in [5, 5.41) is 10.3. The van der Waals surface area contributed by atoms with Crippen LogP contribution in [0.2, 0.25) is 0 Å². The van der Waals surface area contributed by atoms with Gasteiger partial charge in [-0.05, 0) is 37.1 Å². The van der Waals surface area contributed by atoms with Crippen LogP contribution in [0.15, 0.2) is 48.5 Å². The van der Waals surface area contributed by atoms with Gasteiger partial charge in [-0.1, -0.05) is 36.4 Å². The number of fused-ring (bicyclic) bond motifs is 1. The minimum absolute atomic E-state index is 0.0596. The Morgan fingerprint density at radius 2 is 2.04 bits per heavy atom. The fourth-order valence-electron chi connectivity index (χ4n) is 2.85. The standard InChI is InChI=1S/C19H21NO3/c1-13-8-9-16-18(10-13)23-14(2)12-20(16)19(22)11-17(21)15-6-4-3-5-7-15/h3-10,14,17,21H,11-12H2,1-2H3. The summed E-state index contributed by atoms with van der Waals surface area (Å²) in [6, 6.07) is 15.1. The number of anilines is 1. The lowest BCUT2D eigenvalue weighted by atomic mass is 10.0. The average molecular weight is 311 g/mol. The van der Waals surface area contributed by atoms with Crippen molar-refractivity contribution in [1.29, 1.82) is 0 Å². The molecule has 0 bridgehead atoms. The average Bonchev–Trinajstić information content (AvgIpc) is 2.54. The van der Waals surface area contributed by atoms with Gasteiger partial charge in [0.05, 0.1) is 24.8 Å². The molecule has 0 saturated heterocycles. The summed E-state index contributed by atoms with van der Waals surface area (Å²) in [4.78, 5) is 14.4. The fourth-order valence-corrected chi connectivity index (χ4v) is 2.85. The molecule has 23 heavy (non-hydrogen) atoms. The molecule has 0 aliphatic carbocycles. The first-order chi connectivity index (χ1) is 11.0. The lowest BCUT2D eigenvalue weighted by Crippen LogP contribution is -2.42. The predicted molar refractivity (Wildman–Crippen MR) is 89.6 cm³/mol. The Labute approximate surface area is 136 Å². The maximum atomic E-state index is 12.7. The summed E-state index contributed by atoms with van der Waals surface area (Å²) < 4.78 is 5.83. The number of hydrogen-bond acceptors (Lipinski definition) is 3. The number of nitrogens with zero attached hydrogens (tertiary/aromatic N) is 1. The van der Waals surface area contributed by atoms with Crippen molar-refractivity contribution in [2.24, 2.45) is 0 Å². The molecule has 1 N–H and O–H groups in total. The van der Waals surface area contributed by atoms with E-state index in [1.54, 1.807) is 4.90 Å². The monoisotopic (exact) mass is 311 g/mol. The Hall–Kier alpha value is -2.33. The third-order valence-electron chi connectivity index (χ3n) is 4.03. The molecular formula is C19H21NO3. The Bertz CT molecular complexity index is 699. The van der Waals surface area contributed by atoms with E-state index in [9.17, 15) is 9.90 Å². The van der Waals surface area contributed by atoms with Crippen LogP contribution in [0.4, 0.5) is 5.69 Å². The number of benzene rings is 2. The van der Waals surface area contributed by atoms with E-state index in [-0.39, 0.29) is 18.4 Å². The Morgan fingerprint density at radius 3 is 2.78 bits per heavy atom. The number of rotatable bonds is 3. The number of ether oxygens (including phenoxy) is 1. The SMILES string of the molecule is Cc1ccc2c(c1)OC(C)CN2C(=O)CC(O)c1ccccc1. The summed E-state index contributed by atoms with van der Waals surface area (Å²) in [5.41, 5.74) is 2.62. The zero-order chi connectivity index (χ0) is 16.4. The molecular weight excluding hydrogens is 290 g/mol. The van der Waals surface area contributed by atoms with Gasteiger partial charge in [-0.2, -0.15) is 0 Å². The molecule has 2 atom stereocenters. The molecule has 0 fully saturated rings. The molecule has 2 aromatic carbocycles. The second kappa shape index (κ2) is 6.42. The van der Waals surface area contributed by atoms with E-state index < -0.39 is 6.10 Å². The quantitative estimate of drug-likeness (QED) is 0.947. The van der Waals surface area contributed by atoms with Crippen molar-refractivity contribution in [3.63, 3.8) is 0 Å². The third-order valence-corrected chi connectivity index (χ3v) is 4.03. The molecule has 0 spiro atoms. The second-order valence-electron chi connectivity index (χ2n) is 6.03. The van der Waals surface area contributed by atoms with E-state index in [0.29, 0.717) is 6.54 Å². The minimum atomic E-state index is -0.796. The molecule has 0 saturated carbocycles. The Kier molecular flexibility index (Phi) is 4.35. The van der Waals surface area contributed by atoms with Crippen molar-refractivity contribution in [3.05, 3.63) is 59.7 Å². The minimum Gasteiger partial charge on any atom is -0.487 e. The Morgan fingerprint density at radius 1 is 1.30 bits per heavy atom. The molecule has 3 rings (SSSR count). The topological polar surface area (TPSA) is 49.8 Å². The van der Waals surface area contributed by atoms with Gasteiger partial charge in [-0.15, -0.1) is 0 Å². The van der Waals surface area contributed by atoms with Gasteiger partial charge in [0.2, 0.25) is 5.91 Å². The van der Waals surface area contributed by atoms with Gasteiger partial charge in [0.1, 0.15) is 11.9 Å². The van der Waals surface area contributed by atoms with Crippen LogP contribution in [0.25, 0.3) is 0 Å². The summed E-state index contributed by atoms with van der Waals surface area (Å²) in [7, 11) is 0. The number of aliphatic hydroxyl groups excluding tert-OH is 1. The van der Waals surface area contributed by atoms with E-state index in [0.717, 1.165) is 22.6 Å². The van der Waals surface area contributed by atoms with Crippen molar-refractivity contribution < 1.29 is 14.6 Å². The van der Waals surface area contributed by atoms with E-state index in [1.165, 1.54) is 0 Å². The molecule has 4 heteroatoms. The first kappa shape index (κ1) is 15.6. The van der Waals surface area contributed by atoms with Crippen LogP contribution in [0.3, 0.4) is 0 Å². The van der Waals surface area contributed by atoms with Gasteiger partial charge in [0.15, 0.2) is 0 Å². The van der Waals surface area contributed by atoms with Crippen molar-refractivity contribution in [2.75, 3.05) is 11.4 Å². The van der Waals surface area contributed by atoms with E-state index >= 15 is 0 Å². The number of carbonyl (C=O) groups is 1. The van der Waals surface area contributed by atoms with Crippen LogP contribution in [-0.4, -0.2) is 23.7 Å². The zero-order valence-electron chi connectivity index (χ0n) is 13.4. The van der Waals surface area contributed by atoms with Crippen LogP contribution in [0.5, 0.6) is 5.75 Å². The summed E-state index contributed by atoms with van der Waals surface area (Å²) in [5.74, 6) is 0.632. The van der Waals surface area contributed by atoms with Crippen LogP contribution < -0.4 is 9.64 Å². The molecule has 1 heterocycles. The number of carbonyl (C=O) groups excluding carboxylic acids is 1. The molecule has 1 aliphatic rings. The molecule has 0 aromatic heterocycles. The van der Waals surface area contributed by atoms with Crippen molar-refractivity contribution in [3.8, 4) is 5.75 Å². The maximum Gasteiger partial charge on any atom is 0.230 e. The van der Waals surface area contributed by atoms with Gasteiger partial charge in [-0.3, -0.25) is 4.79 Å². The predicted octanol–water partition coefficient (Wildman–Crippen LogP) is 3.23. The van der Waals surface area contributed by atoms with Gasteiger partial charge < -0.3 is 14.7 Å². The van der Waals surface area contributed by atoms with E-state index in [1.807, 2.05) is 62.4 Å². The third kappa shape index (κ3) is 3.37. The number of amides is 1. The first-order valence-corrected chi connectivity index (χ1v) is 7.85. The van der Waals surface area contributed by atoms with E-state index in [4.69, 9.17) is 4.74 Å². The highest BCUT2D eigenvalue weighted by molar-refractivity contribution is 5.95. The van der Waals surface area contributed by atoms with Gasteiger partial charge in [0.25, 0.3) is 0 Å². The van der Waals surface area contributed by atoms with Crippen molar-refractivity contribution in [2.45, 2.75) is 32.5 Å². The highest BCUT2D eigenvalue weighted by Gasteiger charge is 2.28. The summed E-state index contributed by atoms with van der Waals surface area (Å²) >= 11 is 0. The lowest BCUT2D eigenvalue weighted by Gasteiger charge is -2.34. The number of aryl methyl sites for hydroxylation is 1. The summed E-state index contributed by atoms with van der Waals surface area (Å²) in [6.07, 6.45) is -0.804. The van der Waals surface area contributed by atoms with Crippen LogP contribution in [0.1, 0.15) is 30.6 Å². The smallest absolute Gasteiger partial charge is 0.230 e. The van der Waals surface area contributed by atoms with Gasteiger partial charge in [0, 0.05) is 0 Å². The molecule has 0 radical (unpaired) electrons. The maximum absolute atomic E-state index is 12.7.